The second kappa shape index (κ2) is 4.88. The van der Waals surface area contributed by atoms with Gasteiger partial charge in [-0.25, -0.2) is 0 Å². The standard InChI is InChI=1S/C13H16N2O2/c1-13(2,3)17-12(16)7-9-5-4-6-11(15)10(9)8-14/h4-6H,7,15H2,1-3H3. The lowest BCUT2D eigenvalue weighted by Crippen LogP contribution is -2.25. The van der Waals surface area contributed by atoms with Crippen LogP contribution in [0.3, 0.4) is 0 Å². The van der Waals surface area contributed by atoms with Gasteiger partial charge in [0.25, 0.3) is 0 Å². The molecule has 0 unspecified atom stereocenters. The number of ether oxygens (including phenoxy) is 1. The number of benzene rings is 1. The van der Waals surface area contributed by atoms with Gasteiger partial charge in [0, 0.05) is 5.69 Å². The first-order valence-corrected chi connectivity index (χ1v) is 5.33. The van der Waals surface area contributed by atoms with Crippen LogP contribution in [-0.2, 0) is 16.0 Å². The van der Waals surface area contributed by atoms with E-state index in [-0.39, 0.29) is 12.4 Å². The monoisotopic (exact) mass is 232 g/mol. The van der Waals surface area contributed by atoms with Crippen molar-refractivity contribution in [3.05, 3.63) is 29.3 Å². The zero-order valence-electron chi connectivity index (χ0n) is 10.3. The van der Waals surface area contributed by atoms with Crippen molar-refractivity contribution in [3.63, 3.8) is 0 Å². The van der Waals surface area contributed by atoms with Gasteiger partial charge in [-0.05, 0) is 32.4 Å². The van der Waals surface area contributed by atoms with Crippen LogP contribution in [-0.4, -0.2) is 11.6 Å². The van der Waals surface area contributed by atoms with Crippen LogP contribution in [0.1, 0.15) is 31.9 Å². The minimum absolute atomic E-state index is 0.0607. The van der Waals surface area contributed by atoms with Crippen LogP contribution in [0.2, 0.25) is 0 Å². The van der Waals surface area contributed by atoms with E-state index < -0.39 is 5.60 Å². The van der Waals surface area contributed by atoms with E-state index in [1.54, 1.807) is 39.0 Å². The molecule has 0 fully saturated rings. The summed E-state index contributed by atoms with van der Waals surface area (Å²) >= 11 is 0. The Bertz CT molecular complexity index is 467. The van der Waals surface area contributed by atoms with E-state index >= 15 is 0 Å². The molecule has 0 aromatic heterocycles. The second-order valence-corrected chi connectivity index (χ2v) is 4.76. The van der Waals surface area contributed by atoms with Crippen molar-refractivity contribution < 1.29 is 9.53 Å². The number of rotatable bonds is 2. The number of hydrogen-bond donors (Lipinski definition) is 1. The fraction of sp³-hybridized carbons (Fsp3) is 0.385. The van der Waals surface area contributed by atoms with E-state index in [1.807, 2.05) is 6.07 Å². The summed E-state index contributed by atoms with van der Waals surface area (Å²) in [6.07, 6.45) is 0.0607. The number of nitrogens with zero attached hydrogens (tertiary/aromatic N) is 1. The van der Waals surface area contributed by atoms with E-state index in [1.165, 1.54) is 0 Å². The number of esters is 1. The number of carbonyl (C=O) groups excluding carboxylic acids is 1. The zero-order chi connectivity index (χ0) is 13.1. The third-order valence-electron chi connectivity index (χ3n) is 2.05. The molecule has 4 nitrogen and oxygen atoms in total. The summed E-state index contributed by atoms with van der Waals surface area (Å²) in [7, 11) is 0. The third-order valence-corrected chi connectivity index (χ3v) is 2.05. The lowest BCUT2D eigenvalue weighted by Gasteiger charge is -2.19. The van der Waals surface area contributed by atoms with E-state index in [0.717, 1.165) is 0 Å². The van der Waals surface area contributed by atoms with Gasteiger partial charge in [0.05, 0.1) is 12.0 Å². The van der Waals surface area contributed by atoms with Crippen molar-refractivity contribution >= 4 is 11.7 Å². The first-order chi connectivity index (χ1) is 7.83. The van der Waals surface area contributed by atoms with Crippen molar-refractivity contribution in [1.29, 1.82) is 5.26 Å². The van der Waals surface area contributed by atoms with Gasteiger partial charge in [-0.15, -0.1) is 0 Å². The molecule has 0 saturated heterocycles. The van der Waals surface area contributed by atoms with Crippen LogP contribution >= 0.6 is 0 Å². The fourth-order valence-corrected chi connectivity index (χ4v) is 1.44. The Labute approximate surface area is 101 Å². The van der Waals surface area contributed by atoms with Gasteiger partial charge in [0.2, 0.25) is 0 Å². The summed E-state index contributed by atoms with van der Waals surface area (Å²) in [5, 5.41) is 8.96. The Balaban J connectivity index is 2.87. The van der Waals surface area contributed by atoms with Crippen LogP contribution in [0.25, 0.3) is 0 Å². The summed E-state index contributed by atoms with van der Waals surface area (Å²) in [5.41, 5.74) is 6.46. The van der Waals surface area contributed by atoms with Crippen molar-refractivity contribution in [1.82, 2.24) is 0 Å². The minimum atomic E-state index is -0.524. The van der Waals surface area contributed by atoms with Crippen LogP contribution in [0.5, 0.6) is 0 Å². The SMILES string of the molecule is CC(C)(C)OC(=O)Cc1cccc(N)c1C#N. The highest BCUT2D eigenvalue weighted by molar-refractivity contribution is 5.75. The highest BCUT2D eigenvalue weighted by Gasteiger charge is 2.18. The molecule has 0 aliphatic carbocycles. The summed E-state index contributed by atoms with van der Waals surface area (Å²) in [5.74, 6) is -0.361. The van der Waals surface area contributed by atoms with Gasteiger partial charge < -0.3 is 10.5 Å². The Morgan fingerprint density at radius 2 is 2.12 bits per heavy atom. The fourth-order valence-electron chi connectivity index (χ4n) is 1.44. The molecule has 0 atom stereocenters. The molecule has 0 bridgehead atoms. The van der Waals surface area contributed by atoms with Crippen molar-refractivity contribution in [2.24, 2.45) is 0 Å². The van der Waals surface area contributed by atoms with E-state index in [4.69, 9.17) is 15.7 Å². The molecule has 0 aliphatic rings. The van der Waals surface area contributed by atoms with Gasteiger partial charge in [-0.3, -0.25) is 4.79 Å². The normalized spacial score (nSPS) is 10.7. The molecular weight excluding hydrogens is 216 g/mol. The van der Waals surface area contributed by atoms with Crippen molar-refractivity contribution in [2.45, 2.75) is 32.8 Å². The van der Waals surface area contributed by atoms with Crippen LogP contribution in [0.15, 0.2) is 18.2 Å². The predicted octanol–water partition coefficient (Wildman–Crippen LogP) is 2.02. The maximum atomic E-state index is 11.6. The van der Waals surface area contributed by atoms with Crippen LogP contribution in [0.4, 0.5) is 5.69 Å². The zero-order valence-corrected chi connectivity index (χ0v) is 10.3. The molecule has 0 radical (unpaired) electrons. The molecule has 1 aromatic rings. The van der Waals surface area contributed by atoms with Gasteiger partial charge >= 0.3 is 5.97 Å². The Hall–Kier alpha value is -2.02. The smallest absolute Gasteiger partial charge is 0.310 e. The third kappa shape index (κ3) is 3.80. The summed E-state index contributed by atoms with van der Waals surface area (Å²) in [6.45, 7) is 5.40. The van der Waals surface area contributed by atoms with E-state index in [0.29, 0.717) is 16.8 Å². The largest absolute Gasteiger partial charge is 0.460 e. The Kier molecular flexibility index (Phi) is 3.74. The first kappa shape index (κ1) is 13.0. The molecular formula is C13H16N2O2. The molecule has 0 amide bonds. The second-order valence-electron chi connectivity index (χ2n) is 4.76. The van der Waals surface area contributed by atoms with Crippen molar-refractivity contribution in [2.75, 3.05) is 5.73 Å². The number of nitriles is 1. The van der Waals surface area contributed by atoms with Gasteiger partial charge in [0.15, 0.2) is 0 Å². The lowest BCUT2D eigenvalue weighted by molar-refractivity contribution is -0.153. The topological polar surface area (TPSA) is 76.1 Å². The number of anilines is 1. The number of hydrogen-bond acceptors (Lipinski definition) is 4. The average Bonchev–Trinajstić information content (AvgIpc) is 2.14. The van der Waals surface area contributed by atoms with Crippen molar-refractivity contribution in [3.8, 4) is 6.07 Å². The quantitative estimate of drug-likeness (QED) is 0.625. The van der Waals surface area contributed by atoms with Gasteiger partial charge in [0.1, 0.15) is 11.7 Å². The predicted molar refractivity (Wildman–Crippen MR) is 65.1 cm³/mol. The molecule has 0 saturated carbocycles. The highest BCUT2D eigenvalue weighted by atomic mass is 16.6. The minimum Gasteiger partial charge on any atom is -0.460 e. The maximum absolute atomic E-state index is 11.6. The summed E-state index contributed by atoms with van der Waals surface area (Å²) < 4.78 is 5.19. The Morgan fingerprint density at radius 1 is 1.47 bits per heavy atom. The molecule has 0 aliphatic heterocycles. The molecule has 17 heavy (non-hydrogen) atoms. The summed E-state index contributed by atoms with van der Waals surface area (Å²) in [6, 6.07) is 7.06. The lowest BCUT2D eigenvalue weighted by atomic mass is 10.0. The molecule has 1 aromatic carbocycles. The van der Waals surface area contributed by atoms with Gasteiger partial charge in [-0.2, -0.15) is 5.26 Å². The molecule has 0 heterocycles. The molecule has 90 valence electrons. The average molecular weight is 232 g/mol. The Morgan fingerprint density at radius 3 is 2.65 bits per heavy atom. The highest BCUT2D eigenvalue weighted by Crippen LogP contribution is 2.18. The van der Waals surface area contributed by atoms with Crippen LogP contribution in [0, 0.1) is 11.3 Å². The molecule has 0 spiro atoms. The number of nitrogens with two attached hydrogens (primary N) is 1. The molecule has 1 rings (SSSR count). The van der Waals surface area contributed by atoms with E-state index in [9.17, 15) is 4.79 Å². The number of nitrogen functional groups attached to an aromatic ring is 1. The summed E-state index contributed by atoms with van der Waals surface area (Å²) in [4.78, 5) is 11.6. The van der Waals surface area contributed by atoms with E-state index in [2.05, 4.69) is 0 Å². The van der Waals surface area contributed by atoms with Crippen LogP contribution < -0.4 is 5.73 Å². The molecule has 2 N–H and O–H groups in total. The molecule has 4 heteroatoms. The maximum Gasteiger partial charge on any atom is 0.310 e. The van der Waals surface area contributed by atoms with Gasteiger partial charge in [-0.1, -0.05) is 12.1 Å². The number of carbonyl (C=O) groups is 1. The first-order valence-electron chi connectivity index (χ1n) is 5.33.